The summed E-state index contributed by atoms with van der Waals surface area (Å²) in [5, 5.41) is 0. The number of carbonyl (C=O) groups is 1. The topological polar surface area (TPSA) is 70.2 Å². The number of sulfone groups is 1. The van der Waals surface area contributed by atoms with Crippen LogP contribution in [0.5, 0.6) is 5.75 Å². The minimum Gasteiger partial charge on any atom is -0.492 e. The number of hydrogen-bond donors (Lipinski definition) is 0. The van der Waals surface area contributed by atoms with Gasteiger partial charge in [0.2, 0.25) is 0 Å². The zero-order valence-electron chi connectivity index (χ0n) is 16.3. The smallest absolute Gasteiger partial charge is 0.319 e. The maximum absolute atomic E-state index is 12.4. The summed E-state index contributed by atoms with van der Waals surface area (Å²) < 4.78 is 30.5. The lowest BCUT2D eigenvalue weighted by Gasteiger charge is -2.44. The molecule has 150 valence electrons. The highest BCUT2D eigenvalue weighted by Crippen LogP contribution is 2.27. The predicted octanol–water partition coefficient (Wildman–Crippen LogP) is 1.09. The molecule has 8 heteroatoms. The van der Waals surface area contributed by atoms with Crippen LogP contribution in [0.25, 0.3) is 0 Å². The number of carbonyl (C=O) groups excluding carboxylic acids is 1. The zero-order chi connectivity index (χ0) is 19.6. The number of ether oxygens (including phenoxy) is 1. The molecular formula is C19H29N3O4S. The van der Waals surface area contributed by atoms with E-state index < -0.39 is 9.84 Å². The van der Waals surface area contributed by atoms with E-state index in [2.05, 4.69) is 17.9 Å². The third-order valence-electron chi connectivity index (χ3n) is 5.41. The number of nitrogens with zero attached hydrogens (tertiary/aromatic N) is 3. The first-order chi connectivity index (χ1) is 12.8. The normalized spacial score (nSPS) is 24.5. The van der Waals surface area contributed by atoms with Crippen LogP contribution in [-0.4, -0.2) is 93.1 Å². The summed E-state index contributed by atoms with van der Waals surface area (Å²) in [6.45, 7) is 4.45. The molecule has 0 spiro atoms. The lowest BCUT2D eigenvalue weighted by atomic mass is 10.1. The lowest BCUT2D eigenvalue weighted by Crippen LogP contribution is -2.62. The number of urea groups is 1. The third-order valence-corrected chi connectivity index (χ3v) is 7.11. The quantitative estimate of drug-likeness (QED) is 0.747. The van der Waals surface area contributed by atoms with Crippen LogP contribution in [0.2, 0.25) is 0 Å². The monoisotopic (exact) mass is 395 g/mol. The Morgan fingerprint density at radius 3 is 2.59 bits per heavy atom. The Kier molecular flexibility index (Phi) is 5.95. The summed E-state index contributed by atoms with van der Waals surface area (Å²) in [6, 6.07) is 7.44. The first kappa shape index (κ1) is 19.9. The Hall–Kier alpha value is -1.80. The minimum atomic E-state index is -3.14. The second-order valence-corrected chi connectivity index (χ2v) is 9.58. The number of rotatable bonds is 5. The average molecular weight is 396 g/mol. The third kappa shape index (κ3) is 4.38. The van der Waals surface area contributed by atoms with E-state index in [1.54, 1.807) is 19.0 Å². The van der Waals surface area contributed by atoms with Crippen LogP contribution in [0.4, 0.5) is 4.79 Å². The van der Waals surface area contributed by atoms with Crippen LogP contribution >= 0.6 is 0 Å². The van der Waals surface area contributed by atoms with E-state index in [9.17, 15) is 13.2 Å². The fourth-order valence-electron chi connectivity index (χ4n) is 4.01. The van der Waals surface area contributed by atoms with Gasteiger partial charge in [0.1, 0.15) is 12.4 Å². The molecule has 2 aliphatic heterocycles. The number of benzene rings is 1. The van der Waals surface area contributed by atoms with Crippen molar-refractivity contribution in [2.75, 3.05) is 51.8 Å². The second kappa shape index (κ2) is 8.06. The van der Waals surface area contributed by atoms with Gasteiger partial charge in [-0.2, -0.15) is 0 Å². The highest BCUT2D eigenvalue weighted by atomic mass is 32.2. The van der Waals surface area contributed by atoms with Gasteiger partial charge in [-0.1, -0.05) is 25.1 Å². The van der Waals surface area contributed by atoms with E-state index in [0.29, 0.717) is 26.2 Å². The van der Waals surface area contributed by atoms with E-state index in [-0.39, 0.29) is 29.6 Å². The summed E-state index contributed by atoms with van der Waals surface area (Å²) in [5.41, 5.74) is 1.17. The molecule has 0 radical (unpaired) electrons. The Labute approximate surface area is 161 Å². The number of piperazine rings is 1. The van der Waals surface area contributed by atoms with Gasteiger partial charge in [-0.3, -0.25) is 4.90 Å². The fraction of sp³-hybridized carbons (Fsp3) is 0.632. The maximum atomic E-state index is 12.4. The Bertz CT molecular complexity index is 781. The van der Waals surface area contributed by atoms with Crippen LogP contribution in [0, 0.1) is 0 Å². The largest absolute Gasteiger partial charge is 0.492 e. The van der Waals surface area contributed by atoms with Crippen LogP contribution in [0.3, 0.4) is 0 Å². The molecule has 0 unspecified atom stereocenters. The molecule has 2 saturated heterocycles. The summed E-state index contributed by atoms with van der Waals surface area (Å²) in [6.07, 6.45) is 0.907. The van der Waals surface area contributed by atoms with Crippen LogP contribution in [0.15, 0.2) is 24.3 Å². The molecule has 0 saturated carbocycles. The Balaban J connectivity index is 1.66. The van der Waals surface area contributed by atoms with Crippen molar-refractivity contribution in [3.63, 3.8) is 0 Å². The van der Waals surface area contributed by atoms with Gasteiger partial charge in [0, 0.05) is 39.8 Å². The Morgan fingerprint density at radius 1 is 1.19 bits per heavy atom. The van der Waals surface area contributed by atoms with Gasteiger partial charge < -0.3 is 14.5 Å². The summed E-state index contributed by atoms with van der Waals surface area (Å²) in [4.78, 5) is 17.8. The number of aryl methyl sites for hydroxylation is 1. The summed E-state index contributed by atoms with van der Waals surface area (Å²) >= 11 is 0. The van der Waals surface area contributed by atoms with E-state index >= 15 is 0 Å². The van der Waals surface area contributed by atoms with Crippen molar-refractivity contribution in [1.29, 1.82) is 0 Å². The predicted molar refractivity (Wildman–Crippen MR) is 105 cm³/mol. The van der Waals surface area contributed by atoms with Crippen molar-refractivity contribution in [2.24, 2.45) is 0 Å². The number of fused-ring (bicyclic) bond motifs is 1. The van der Waals surface area contributed by atoms with E-state index in [1.807, 2.05) is 18.2 Å². The highest BCUT2D eigenvalue weighted by molar-refractivity contribution is 7.91. The molecule has 1 aromatic carbocycles. The molecule has 2 amide bonds. The van der Waals surface area contributed by atoms with Gasteiger partial charge in [-0.15, -0.1) is 0 Å². The van der Waals surface area contributed by atoms with Crippen molar-refractivity contribution < 1.29 is 17.9 Å². The lowest BCUT2D eigenvalue weighted by molar-refractivity contribution is 0.0487. The highest BCUT2D eigenvalue weighted by Gasteiger charge is 2.48. The number of para-hydroxylation sites is 1. The van der Waals surface area contributed by atoms with Crippen LogP contribution in [0.1, 0.15) is 12.5 Å². The Morgan fingerprint density at radius 2 is 1.89 bits per heavy atom. The summed E-state index contributed by atoms with van der Waals surface area (Å²) in [7, 11) is 0.265. The van der Waals surface area contributed by atoms with Crippen LogP contribution < -0.4 is 4.74 Å². The average Bonchev–Trinajstić information content (AvgIpc) is 2.96. The van der Waals surface area contributed by atoms with E-state index in [0.717, 1.165) is 12.2 Å². The van der Waals surface area contributed by atoms with Crippen molar-refractivity contribution in [3.05, 3.63) is 29.8 Å². The molecule has 2 aliphatic rings. The first-order valence-corrected chi connectivity index (χ1v) is 11.3. The van der Waals surface area contributed by atoms with Gasteiger partial charge in [-0.25, -0.2) is 13.2 Å². The van der Waals surface area contributed by atoms with Crippen molar-refractivity contribution in [1.82, 2.24) is 14.7 Å². The molecule has 2 heterocycles. The fourth-order valence-corrected chi connectivity index (χ4v) is 6.02. The molecule has 2 atom stereocenters. The molecule has 0 N–H and O–H groups in total. The van der Waals surface area contributed by atoms with Gasteiger partial charge in [0.15, 0.2) is 9.84 Å². The molecular weight excluding hydrogens is 366 g/mol. The van der Waals surface area contributed by atoms with Crippen LogP contribution in [-0.2, 0) is 16.3 Å². The van der Waals surface area contributed by atoms with Gasteiger partial charge >= 0.3 is 6.03 Å². The van der Waals surface area contributed by atoms with E-state index in [1.165, 1.54) is 10.5 Å². The first-order valence-electron chi connectivity index (χ1n) is 9.45. The van der Waals surface area contributed by atoms with Crippen molar-refractivity contribution >= 4 is 15.9 Å². The number of amides is 2. The van der Waals surface area contributed by atoms with Gasteiger partial charge in [0.25, 0.3) is 0 Å². The van der Waals surface area contributed by atoms with Crippen molar-refractivity contribution in [3.8, 4) is 5.75 Å². The van der Waals surface area contributed by atoms with Crippen molar-refractivity contribution in [2.45, 2.75) is 25.4 Å². The molecule has 2 fully saturated rings. The standard InChI is InChI=1S/C19H29N3O4S/c1-4-15-7-5-6-8-18(15)26-12-11-21-9-10-22(19(23)20(2)3)17-14-27(24,25)13-16(17)21/h5-8,16-17H,4,9-14H2,1-3H3/t16-,17+/m1/s1. The zero-order valence-corrected chi connectivity index (χ0v) is 17.1. The molecule has 0 bridgehead atoms. The summed E-state index contributed by atoms with van der Waals surface area (Å²) in [5.74, 6) is 1.05. The molecule has 1 aromatic rings. The number of hydrogen-bond acceptors (Lipinski definition) is 5. The van der Waals surface area contributed by atoms with Gasteiger partial charge in [0.05, 0.1) is 17.5 Å². The van der Waals surface area contributed by atoms with E-state index in [4.69, 9.17) is 4.74 Å². The molecule has 0 aliphatic carbocycles. The van der Waals surface area contributed by atoms with Gasteiger partial charge in [-0.05, 0) is 18.1 Å². The molecule has 7 nitrogen and oxygen atoms in total. The molecule has 27 heavy (non-hydrogen) atoms. The molecule has 3 rings (SSSR count). The SMILES string of the molecule is CCc1ccccc1OCCN1CCN(C(=O)N(C)C)[C@H]2CS(=O)(=O)C[C@H]21. The second-order valence-electron chi connectivity index (χ2n) is 7.43. The molecule has 0 aromatic heterocycles. The maximum Gasteiger partial charge on any atom is 0.319 e. The minimum absolute atomic E-state index is 0.0489.